The molecule has 0 aromatic carbocycles. The summed E-state index contributed by atoms with van der Waals surface area (Å²) in [6, 6.07) is 0. The van der Waals surface area contributed by atoms with Crippen LogP contribution in [0, 0.1) is 5.41 Å². The molecule has 1 saturated carbocycles. The molecule has 0 aromatic heterocycles. The van der Waals surface area contributed by atoms with Gasteiger partial charge in [-0.25, -0.2) is 0 Å². The average molecular weight is 394 g/mol. The number of ketones is 1. The van der Waals surface area contributed by atoms with Gasteiger partial charge in [-0.1, -0.05) is 67.5 Å². The molecule has 1 rings (SSSR count). The summed E-state index contributed by atoms with van der Waals surface area (Å²) in [6.07, 6.45) is 10.3. The van der Waals surface area contributed by atoms with Crippen LogP contribution in [0.1, 0.15) is 71.1 Å². The van der Waals surface area contributed by atoms with E-state index in [1.807, 2.05) is 0 Å². The summed E-state index contributed by atoms with van der Waals surface area (Å²) < 4.78 is 5.75. The number of carbonyl (C=O) groups excluding carboxylic acids is 2. The lowest BCUT2D eigenvalue weighted by Gasteiger charge is -2.28. The summed E-state index contributed by atoms with van der Waals surface area (Å²) in [4.78, 5) is 24.9. The van der Waals surface area contributed by atoms with Crippen molar-refractivity contribution in [2.24, 2.45) is 5.41 Å². The third kappa shape index (κ3) is 5.01. The highest BCUT2D eigenvalue weighted by atomic mass is 127. The third-order valence-corrected chi connectivity index (χ3v) is 5.49. The van der Waals surface area contributed by atoms with E-state index in [9.17, 15) is 9.59 Å². The molecule has 20 heavy (non-hydrogen) atoms. The fourth-order valence-electron chi connectivity index (χ4n) is 2.83. The average Bonchev–Trinajstić information content (AvgIpc) is 2.43. The number of hydrogen-bond donors (Lipinski definition) is 0. The second-order valence-corrected chi connectivity index (χ2v) is 6.45. The first-order chi connectivity index (χ1) is 9.67. The first kappa shape index (κ1) is 17.9. The second-order valence-electron chi connectivity index (χ2n) is 5.69. The van der Waals surface area contributed by atoms with Crippen LogP contribution in [0.25, 0.3) is 0 Å². The second kappa shape index (κ2) is 9.74. The molecule has 0 bridgehead atoms. The van der Waals surface area contributed by atoms with E-state index < -0.39 is 5.41 Å². The summed E-state index contributed by atoms with van der Waals surface area (Å²) in [6.45, 7) is 2.16. The predicted molar refractivity (Wildman–Crippen MR) is 89.1 cm³/mol. The standard InChI is InChI=1S/C16H27IO3/c1-2-20-15(19)16(13-17)12-10-8-6-4-3-5-7-9-11-14(16)18/h2-13H2,1H3. The summed E-state index contributed by atoms with van der Waals surface area (Å²) in [5, 5.41) is 0. The largest absolute Gasteiger partial charge is 0.465 e. The van der Waals surface area contributed by atoms with Gasteiger partial charge in [0.25, 0.3) is 0 Å². The maximum atomic E-state index is 12.6. The van der Waals surface area contributed by atoms with Crippen LogP contribution in [0.3, 0.4) is 0 Å². The maximum absolute atomic E-state index is 12.6. The van der Waals surface area contributed by atoms with E-state index in [0.717, 1.165) is 25.7 Å². The van der Waals surface area contributed by atoms with Gasteiger partial charge in [0, 0.05) is 10.8 Å². The van der Waals surface area contributed by atoms with E-state index in [4.69, 9.17) is 4.74 Å². The van der Waals surface area contributed by atoms with Gasteiger partial charge >= 0.3 is 5.97 Å². The molecule has 0 aliphatic heterocycles. The molecule has 1 aliphatic carbocycles. The van der Waals surface area contributed by atoms with Crippen LogP contribution in [0.2, 0.25) is 0 Å². The molecule has 0 N–H and O–H groups in total. The summed E-state index contributed by atoms with van der Waals surface area (Å²) in [5.74, 6) is -0.192. The lowest BCUT2D eigenvalue weighted by molar-refractivity contribution is -0.159. The smallest absolute Gasteiger partial charge is 0.320 e. The monoisotopic (exact) mass is 394 g/mol. The number of ether oxygens (including phenoxy) is 1. The Morgan fingerprint density at radius 3 is 2.20 bits per heavy atom. The lowest BCUT2D eigenvalue weighted by Crippen LogP contribution is -2.42. The Morgan fingerprint density at radius 1 is 1.10 bits per heavy atom. The molecular weight excluding hydrogens is 367 g/mol. The van der Waals surface area contributed by atoms with Crippen molar-refractivity contribution in [3.05, 3.63) is 0 Å². The molecule has 1 unspecified atom stereocenters. The van der Waals surface area contributed by atoms with Gasteiger partial charge in [0.1, 0.15) is 5.41 Å². The zero-order chi connectivity index (χ0) is 14.8. The predicted octanol–water partition coefficient (Wildman–Crippen LogP) is 4.45. The van der Waals surface area contributed by atoms with Gasteiger partial charge < -0.3 is 4.74 Å². The number of hydrogen-bond acceptors (Lipinski definition) is 3. The quantitative estimate of drug-likeness (QED) is 0.307. The highest BCUT2D eigenvalue weighted by Gasteiger charge is 2.44. The van der Waals surface area contributed by atoms with Crippen LogP contribution >= 0.6 is 22.6 Å². The molecule has 0 heterocycles. The van der Waals surface area contributed by atoms with Crippen molar-refractivity contribution in [3.63, 3.8) is 0 Å². The molecule has 1 fully saturated rings. The Labute approximate surface area is 136 Å². The number of Topliss-reactive ketones (excluding diaryl/α,β-unsaturated/α-hetero) is 1. The third-order valence-electron chi connectivity index (χ3n) is 4.19. The van der Waals surface area contributed by atoms with Crippen molar-refractivity contribution in [1.82, 2.24) is 0 Å². The number of rotatable bonds is 3. The van der Waals surface area contributed by atoms with E-state index in [1.54, 1.807) is 6.92 Å². The van der Waals surface area contributed by atoms with Gasteiger partial charge in [-0.2, -0.15) is 0 Å². The number of alkyl halides is 1. The van der Waals surface area contributed by atoms with Crippen molar-refractivity contribution in [2.75, 3.05) is 11.0 Å². The maximum Gasteiger partial charge on any atom is 0.320 e. The molecule has 1 aliphatic rings. The zero-order valence-electron chi connectivity index (χ0n) is 12.6. The van der Waals surface area contributed by atoms with E-state index in [2.05, 4.69) is 22.6 Å². The number of carbonyl (C=O) groups is 2. The first-order valence-electron chi connectivity index (χ1n) is 7.94. The van der Waals surface area contributed by atoms with Gasteiger partial charge in [0.15, 0.2) is 5.78 Å². The van der Waals surface area contributed by atoms with Gasteiger partial charge in [-0.05, 0) is 19.8 Å². The van der Waals surface area contributed by atoms with Crippen LogP contribution in [0.5, 0.6) is 0 Å². The molecule has 0 radical (unpaired) electrons. The molecular formula is C16H27IO3. The Balaban J connectivity index is 2.81. The SMILES string of the molecule is CCOC(=O)C1(CI)CCCCCCCCCCC1=O. The summed E-state index contributed by atoms with van der Waals surface area (Å²) in [7, 11) is 0. The molecule has 0 saturated heterocycles. The summed E-state index contributed by atoms with van der Waals surface area (Å²) >= 11 is 2.18. The molecule has 1 atom stereocenters. The van der Waals surface area contributed by atoms with Gasteiger partial charge in [-0.15, -0.1) is 0 Å². The Kier molecular flexibility index (Phi) is 8.73. The van der Waals surface area contributed by atoms with E-state index >= 15 is 0 Å². The minimum absolute atomic E-state index is 0.103. The Hall–Kier alpha value is -0.130. The fourth-order valence-corrected chi connectivity index (χ4v) is 3.95. The first-order valence-corrected chi connectivity index (χ1v) is 9.46. The van der Waals surface area contributed by atoms with Crippen LogP contribution in [0.4, 0.5) is 0 Å². The molecule has 3 nitrogen and oxygen atoms in total. The molecule has 0 amide bonds. The molecule has 0 spiro atoms. The van der Waals surface area contributed by atoms with Crippen molar-refractivity contribution >= 4 is 34.3 Å². The van der Waals surface area contributed by atoms with Crippen LogP contribution in [-0.2, 0) is 14.3 Å². The van der Waals surface area contributed by atoms with Gasteiger partial charge in [0.05, 0.1) is 6.61 Å². The van der Waals surface area contributed by atoms with Crippen LogP contribution in [-0.4, -0.2) is 22.8 Å². The highest BCUT2D eigenvalue weighted by molar-refractivity contribution is 14.1. The summed E-state index contributed by atoms with van der Waals surface area (Å²) in [5.41, 5.74) is -0.879. The normalized spacial score (nSPS) is 26.4. The van der Waals surface area contributed by atoms with Gasteiger partial charge in [0.2, 0.25) is 0 Å². The topological polar surface area (TPSA) is 43.4 Å². The van der Waals surface area contributed by atoms with E-state index in [0.29, 0.717) is 23.9 Å². The van der Waals surface area contributed by atoms with Crippen molar-refractivity contribution < 1.29 is 14.3 Å². The molecule has 4 heteroatoms. The van der Waals surface area contributed by atoms with Crippen molar-refractivity contribution in [3.8, 4) is 0 Å². The van der Waals surface area contributed by atoms with E-state index in [1.165, 1.54) is 25.7 Å². The number of esters is 1. The van der Waals surface area contributed by atoms with Crippen molar-refractivity contribution in [1.29, 1.82) is 0 Å². The highest BCUT2D eigenvalue weighted by Crippen LogP contribution is 2.33. The lowest BCUT2D eigenvalue weighted by atomic mass is 9.78. The van der Waals surface area contributed by atoms with Crippen LogP contribution in [0.15, 0.2) is 0 Å². The minimum Gasteiger partial charge on any atom is -0.465 e. The number of halogens is 1. The Morgan fingerprint density at radius 2 is 1.65 bits per heavy atom. The Bertz CT molecular complexity index is 317. The molecule has 116 valence electrons. The van der Waals surface area contributed by atoms with Crippen molar-refractivity contribution in [2.45, 2.75) is 71.1 Å². The minimum atomic E-state index is -0.879. The van der Waals surface area contributed by atoms with Gasteiger partial charge in [-0.3, -0.25) is 9.59 Å². The molecule has 0 aromatic rings. The fraction of sp³-hybridized carbons (Fsp3) is 0.875. The van der Waals surface area contributed by atoms with E-state index in [-0.39, 0.29) is 11.8 Å². The van der Waals surface area contributed by atoms with Crippen LogP contribution < -0.4 is 0 Å². The zero-order valence-corrected chi connectivity index (χ0v) is 14.7.